The molecule has 0 radical (unpaired) electrons. The Morgan fingerprint density at radius 3 is 2.29 bits per heavy atom. The van der Waals surface area contributed by atoms with Gasteiger partial charge in [0.1, 0.15) is 0 Å². The molecule has 0 aromatic heterocycles. The maximum Gasteiger partial charge on any atom is 0.0235 e. The van der Waals surface area contributed by atoms with Crippen LogP contribution in [0.15, 0.2) is 30.3 Å². The van der Waals surface area contributed by atoms with Gasteiger partial charge in [-0.05, 0) is 44.5 Å². The van der Waals surface area contributed by atoms with Gasteiger partial charge in [-0.3, -0.25) is 9.80 Å². The van der Waals surface area contributed by atoms with Gasteiger partial charge in [0, 0.05) is 38.3 Å². The zero-order valence-corrected chi connectivity index (χ0v) is 15.7. The van der Waals surface area contributed by atoms with Gasteiger partial charge in [-0.1, -0.05) is 50.6 Å². The van der Waals surface area contributed by atoms with E-state index in [2.05, 4.69) is 58.9 Å². The minimum atomic E-state index is 0.790. The minimum absolute atomic E-state index is 0.790. The first-order chi connectivity index (χ1) is 11.8. The zero-order chi connectivity index (χ0) is 16.8. The summed E-state index contributed by atoms with van der Waals surface area (Å²) in [4.78, 5) is 8.11. The molecule has 2 heterocycles. The van der Waals surface area contributed by atoms with E-state index in [-0.39, 0.29) is 0 Å². The van der Waals surface area contributed by atoms with Gasteiger partial charge in [-0.25, -0.2) is 0 Å². The van der Waals surface area contributed by atoms with Crippen molar-refractivity contribution in [2.75, 3.05) is 39.3 Å². The highest BCUT2D eigenvalue weighted by Gasteiger charge is 2.36. The average Bonchev–Trinajstić information content (AvgIpc) is 2.60. The molecule has 3 rings (SSSR count). The molecule has 0 saturated carbocycles. The van der Waals surface area contributed by atoms with Crippen molar-refractivity contribution in [2.45, 2.75) is 58.2 Å². The molecule has 0 amide bonds. The van der Waals surface area contributed by atoms with Gasteiger partial charge >= 0.3 is 0 Å². The van der Waals surface area contributed by atoms with E-state index in [1.807, 2.05) is 0 Å². The molecule has 2 atom stereocenters. The molecule has 2 saturated heterocycles. The van der Waals surface area contributed by atoms with Crippen LogP contribution in [0, 0.1) is 0 Å². The van der Waals surface area contributed by atoms with E-state index in [1.165, 1.54) is 70.5 Å². The summed E-state index contributed by atoms with van der Waals surface area (Å²) >= 11 is 0. The summed E-state index contributed by atoms with van der Waals surface area (Å²) in [5.41, 5.74) is 1.46. The molecule has 0 spiro atoms. The summed E-state index contributed by atoms with van der Waals surface area (Å²) in [7, 11) is 0. The molecule has 2 aliphatic rings. The number of rotatable bonds is 8. The number of fused-ring (bicyclic) bond motifs is 2. The maximum absolute atomic E-state index is 2.86. The Kier molecular flexibility index (Phi) is 6.70. The molecule has 0 N–H and O–H groups in total. The molecule has 24 heavy (non-hydrogen) atoms. The Labute approximate surface area is 148 Å². The van der Waals surface area contributed by atoms with E-state index in [9.17, 15) is 0 Å². The predicted octanol–water partition coefficient (Wildman–Crippen LogP) is 3.46. The number of likely N-dealkylation sites (tertiary alicyclic amines) is 1. The number of piperazine rings is 1. The van der Waals surface area contributed by atoms with Crippen molar-refractivity contribution >= 4 is 0 Å². The highest BCUT2D eigenvalue weighted by atomic mass is 15.3. The van der Waals surface area contributed by atoms with Crippen molar-refractivity contribution in [3.63, 3.8) is 0 Å². The topological polar surface area (TPSA) is 9.72 Å². The molecule has 0 aliphatic carbocycles. The Balaban J connectivity index is 1.52. The number of hydrogen-bond acceptors (Lipinski definition) is 3. The second kappa shape index (κ2) is 8.98. The molecule has 3 nitrogen and oxygen atoms in total. The largest absolute Gasteiger partial charge is 0.304 e. The highest BCUT2D eigenvalue weighted by molar-refractivity contribution is 5.14. The van der Waals surface area contributed by atoms with Crippen molar-refractivity contribution in [1.82, 2.24) is 14.7 Å². The Bertz CT molecular complexity index is 457. The molecular weight excluding hydrogens is 294 g/mol. The zero-order valence-electron chi connectivity index (χ0n) is 15.7. The van der Waals surface area contributed by atoms with Crippen molar-refractivity contribution in [2.24, 2.45) is 0 Å². The lowest BCUT2D eigenvalue weighted by molar-refractivity contribution is -0.0138. The fraction of sp³-hybridized carbons (Fsp3) is 0.714. The van der Waals surface area contributed by atoms with Gasteiger partial charge in [0.2, 0.25) is 0 Å². The quantitative estimate of drug-likeness (QED) is 0.723. The fourth-order valence-electron chi connectivity index (χ4n) is 4.63. The standard InChI is InChI=1S/C21H35N3/c1-3-22(4-2)14-9-15-24-20-12-8-13-21(24)18-23(17-20)16-19-10-6-5-7-11-19/h5-7,10-11,20-21H,3-4,8-9,12-18H2,1-2H3. The van der Waals surface area contributed by atoms with Crippen LogP contribution in [-0.4, -0.2) is 66.1 Å². The number of nitrogens with zero attached hydrogens (tertiary/aromatic N) is 3. The molecule has 2 fully saturated rings. The highest BCUT2D eigenvalue weighted by Crippen LogP contribution is 2.29. The van der Waals surface area contributed by atoms with E-state index in [0.717, 1.165) is 18.6 Å². The summed E-state index contributed by atoms with van der Waals surface area (Å²) in [6.45, 7) is 13.1. The average molecular weight is 330 g/mol. The second-order valence-corrected chi connectivity index (χ2v) is 7.54. The summed E-state index contributed by atoms with van der Waals surface area (Å²) in [5.74, 6) is 0. The summed E-state index contributed by atoms with van der Waals surface area (Å²) < 4.78 is 0. The molecule has 1 aromatic carbocycles. The normalized spacial score (nSPS) is 25.3. The van der Waals surface area contributed by atoms with Crippen molar-refractivity contribution < 1.29 is 0 Å². The second-order valence-electron chi connectivity index (χ2n) is 7.54. The first-order valence-electron chi connectivity index (χ1n) is 10.0. The summed E-state index contributed by atoms with van der Waals surface area (Å²) in [6.07, 6.45) is 5.55. The van der Waals surface area contributed by atoms with Crippen molar-refractivity contribution in [3.8, 4) is 0 Å². The third-order valence-corrected chi connectivity index (χ3v) is 5.98. The van der Waals surface area contributed by atoms with E-state index in [4.69, 9.17) is 0 Å². The molecule has 2 unspecified atom stereocenters. The van der Waals surface area contributed by atoms with Crippen molar-refractivity contribution in [1.29, 1.82) is 0 Å². The van der Waals surface area contributed by atoms with Crippen LogP contribution in [0.2, 0.25) is 0 Å². The SMILES string of the molecule is CCN(CC)CCCN1C2CCCC1CN(Cc1ccccc1)C2. The monoisotopic (exact) mass is 329 g/mol. The van der Waals surface area contributed by atoms with Crippen LogP contribution in [-0.2, 0) is 6.54 Å². The Hall–Kier alpha value is -0.900. The van der Waals surface area contributed by atoms with E-state index in [1.54, 1.807) is 0 Å². The molecule has 2 aliphatic heterocycles. The summed E-state index contributed by atoms with van der Waals surface area (Å²) in [6, 6.07) is 12.6. The van der Waals surface area contributed by atoms with Crippen LogP contribution < -0.4 is 0 Å². The molecule has 2 bridgehead atoms. The minimum Gasteiger partial charge on any atom is -0.304 e. The van der Waals surface area contributed by atoms with Gasteiger partial charge in [0.05, 0.1) is 0 Å². The van der Waals surface area contributed by atoms with E-state index in [0.29, 0.717) is 0 Å². The van der Waals surface area contributed by atoms with Gasteiger partial charge in [0.25, 0.3) is 0 Å². The smallest absolute Gasteiger partial charge is 0.0235 e. The Morgan fingerprint density at radius 1 is 1.00 bits per heavy atom. The Morgan fingerprint density at radius 2 is 1.67 bits per heavy atom. The van der Waals surface area contributed by atoms with E-state index < -0.39 is 0 Å². The van der Waals surface area contributed by atoms with Crippen LogP contribution in [0.1, 0.15) is 45.1 Å². The van der Waals surface area contributed by atoms with Crippen LogP contribution in [0.25, 0.3) is 0 Å². The summed E-state index contributed by atoms with van der Waals surface area (Å²) in [5, 5.41) is 0. The fourth-order valence-corrected chi connectivity index (χ4v) is 4.63. The first-order valence-corrected chi connectivity index (χ1v) is 10.0. The van der Waals surface area contributed by atoms with Crippen LogP contribution in [0.4, 0.5) is 0 Å². The molecule has 1 aromatic rings. The van der Waals surface area contributed by atoms with Crippen molar-refractivity contribution in [3.05, 3.63) is 35.9 Å². The lowest BCUT2D eigenvalue weighted by Gasteiger charge is -2.50. The molecular formula is C21H35N3. The van der Waals surface area contributed by atoms with Crippen LogP contribution in [0.5, 0.6) is 0 Å². The van der Waals surface area contributed by atoms with Crippen LogP contribution in [0.3, 0.4) is 0 Å². The lowest BCUT2D eigenvalue weighted by atomic mass is 9.90. The van der Waals surface area contributed by atoms with Gasteiger partial charge < -0.3 is 4.90 Å². The van der Waals surface area contributed by atoms with Gasteiger partial charge in [-0.15, -0.1) is 0 Å². The predicted molar refractivity (Wildman–Crippen MR) is 102 cm³/mol. The lowest BCUT2D eigenvalue weighted by Crippen LogP contribution is -2.60. The van der Waals surface area contributed by atoms with Crippen LogP contribution >= 0.6 is 0 Å². The van der Waals surface area contributed by atoms with Gasteiger partial charge in [0.15, 0.2) is 0 Å². The van der Waals surface area contributed by atoms with Gasteiger partial charge in [-0.2, -0.15) is 0 Å². The third kappa shape index (κ3) is 4.59. The molecule has 134 valence electrons. The maximum atomic E-state index is 2.86. The first kappa shape index (κ1) is 17.9. The molecule has 3 heteroatoms. The van der Waals surface area contributed by atoms with E-state index >= 15 is 0 Å². The third-order valence-electron chi connectivity index (χ3n) is 5.98. The number of piperidine rings is 1. The number of benzene rings is 1. The number of hydrogen-bond donors (Lipinski definition) is 0.